The maximum Gasteiger partial charge on any atom is 0.307 e. The van der Waals surface area contributed by atoms with Crippen LogP contribution in [0.3, 0.4) is 0 Å². The van der Waals surface area contributed by atoms with Gasteiger partial charge < -0.3 is 10.1 Å². The number of nitrogens with one attached hydrogen (secondary N) is 1. The molecule has 0 saturated heterocycles. The van der Waals surface area contributed by atoms with Crippen LogP contribution < -0.4 is 0 Å². The molecule has 7 heteroatoms. The number of fused-ring (bicyclic) bond motifs is 3. The Morgan fingerprint density at radius 2 is 2.07 bits per heavy atom. The van der Waals surface area contributed by atoms with E-state index >= 15 is 4.39 Å². The van der Waals surface area contributed by atoms with Crippen LogP contribution in [0.25, 0.3) is 10.9 Å². The first-order chi connectivity index (χ1) is 14.2. The van der Waals surface area contributed by atoms with Gasteiger partial charge in [0.25, 0.3) is 0 Å². The Morgan fingerprint density at radius 1 is 1.33 bits per heavy atom. The quantitative estimate of drug-likeness (QED) is 0.517. The zero-order valence-electron chi connectivity index (χ0n) is 17.0. The number of carboxylic acid groups (broad SMARTS) is 1. The topological polar surface area (TPSA) is 56.3 Å². The fourth-order valence-electron chi connectivity index (χ4n) is 4.52. The lowest BCUT2D eigenvalue weighted by Crippen LogP contribution is -2.46. The van der Waals surface area contributed by atoms with E-state index in [9.17, 15) is 14.3 Å². The van der Waals surface area contributed by atoms with Gasteiger partial charge in [0, 0.05) is 39.2 Å². The first-order valence-corrected chi connectivity index (χ1v) is 10.7. The summed E-state index contributed by atoms with van der Waals surface area (Å²) < 4.78 is 29.9. The average molecular weight is 477 g/mol. The molecule has 0 bridgehead atoms. The van der Waals surface area contributed by atoms with E-state index in [2.05, 4.69) is 20.9 Å². The second-order valence-electron chi connectivity index (χ2n) is 8.17. The Bertz CT molecular complexity index is 1140. The summed E-state index contributed by atoms with van der Waals surface area (Å²) in [5, 5.41) is 10.3. The van der Waals surface area contributed by atoms with Crippen LogP contribution in [0.4, 0.5) is 8.78 Å². The summed E-state index contributed by atoms with van der Waals surface area (Å²) in [4.78, 5) is 17.0. The van der Waals surface area contributed by atoms with E-state index in [1.807, 2.05) is 18.7 Å². The largest absolute Gasteiger partial charge is 0.481 e. The number of aromatic nitrogens is 1. The van der Waals surface area contributed by atoms with Gasteiger partial charge in [-0.05, 0) is 61.7 Å². The Labute approximate surface area is 182 Å². The van der Waals surface area contributed by atoms with Gasteiger partial charge in [0.15, 0.2) is 0 Å². The Morgan fingerprint density at radius 3 is 2.77 bits per heavy atom. The van der Waals surface area contributed by atoms with E-state index in [0.29, 0.717) is 12.0 Å². The molecule has 0 fully saturated rings. The second-order valence-corrected chi connectivity index (χ2v) is 9.02. The maximum absolute atomic E-state index is 15.2. The molecule has 0 unspecified atom stereocenters. The minimum Gasteiger partial charge on any atom is -0.481 e. The van der Waals surface area contributed by atoms with Crippen LogP contribution in [0.5, 0.6) is 0 Å². The normalized spacial score (nSPS) is 20.3. The number of H-pyrrole nitrogens is 1. The molecule has 0 saturated carbocycles. The lowest BCUT2D eigenvalue weighted by molar-refractivity contribution is -0.142. The number of nitrogens with zero attached hydrogens (tertiary/aromatic N) is 1. The molecule has 0 spiro atoms. The summed E-state index contributed by atoms with van der Waals surface area (Å²) in [5.41, 5.74) is 3.81. The summed E-state index contributed by atoms with van der Waals surface area (Å²) >= 11 is 3.50. The van der Waals surface area contributed by atoms with Crippen LogP contribution in [-0.4, -0.2) is 33.5 Å². The zero-order valence-corrected chi connectivity index (χ0v) is 18.6. The summed E-state index contributed by atoms with van der Waals surface area (Å²) in [7, 11) is 0. The Balaban J connectivity index is 1.97. The predicted molar refractivity (Wildman–Crippen MR) is 116 cm³/mol. The van der Waals surface area contributed by atoms with Crippen molar-refractivity contribution in [2.24, 2.45) is 5.92 Å². The lowest BCUT2D eigenvalue weighted by Gasteiger charge is -2.42. The summed E-state index contributed by atoms with van der Waals surface area (Å²) in [6.07, 6.45) is 0.621. The van der Waals surface area contributed by atoms with E-state index < -0.39 is 17.9 Å². The fourth-order valence-corrected chi connectivity index (χ4v) is 4.87. The molecule has 158 valence electrons. The molecule has 3 aromatic rings. The summed E-state index contributed by atoms with van der Waals surface area (Å²) in [6, 6.07) is 7.15. The first kappa shape index (κ1) is 21.0. The average Bonchev–Trinajstić information content (AvgIpc) is 3.04. The van der Waals surface area contributed by atoms with Crippen molar-refractivity contribution in [3.05, 3.63) is 68.8 Å². The predicted octanol–water partition coefficient (Wildman–Crippen LogP) is 5.57. The summed E-state index contributed by atoms with van der Waals surface area (Å²) in [5.74, 6) is -2.18. The number of aromatic amines is 1. The molecule has 4 nitrogen and oxygen atoms in total. The fraction of sp³-hybridized carbons (Fsp3) is 0.348. The second kappa shape index (κ2) is 7.78. The molecule has 0 amide bonds. The van der Waals surface area contributed by atoms with Crippen molar-refractivity contribution in [1.82, 2.24) is 9.88 Å². The van der Waals surface area contributed by atoms with Gasteiger partial charge in [-0.15, -0.1) is 0 Å². The summed E-state index contributed by atoms with van der Waals surface area (Å²) in [6.45, 7) is 5.79. The van der Waals surface area contributed by atoms with E-state index in [0.717, 1.165) is 32.2 Å². The number of carbonyl (C=O) groups is 1. The molecule has 2 heterocycles. The molecule has 0 aliphatic carbocycles. The molecule has 4 rings (SSSR count). The van der Waals surface area contributed by atoms with Gasteiger partial charge in [0.05, 0.1) is 12.0 Å². The minimum absolute atomic E-state index is 0.0515. The highest BCUT2D eigenvalue weighted by molar-refractivity contribution is 9.10. The number of benzene rings is 2. The highest BCUT2D eigenvalue weighted by atomic mass is 79.9. The third-order valence-electron chi connectivity index (χ3n) is 6.15. The van der Waals surface area contributed by atoms with Crippen molar-refractivity contribution >= 4 is 32.8 Å². The molecular formula is C23H23BrF2N2O2. The lowest BCUT2D eigenvalue weighted by atomic mass is 9.86. The van der Waals surface area contributed by atoms with Gasteiger partial charge in [-0.3, -0.25) is 9.69 Å². The number of halogens is 3. The van der Waals surface area contributed by atoms with E-state index in [1.165, 1.54) is 18.2 Å². The van der Waals surface area contributed by atoms with Crippen LogP contribution in [0.2, 0.25) is 0 Å². The van der Waals surface area contributed by atoms with E-state index in [1.54, 1.807) is 19.1 Å². The zero-order chi connectivity index (χ0) is 21.7. The Hall–Kier alpha value is -2.25. The molecule has 1 aliphatic rings. The van der Waals surface area contributed by atoms with E-state index in [-0.39, 0.29) is 24.2 Å². The van der Waals surface area contributed by atoms with Crippen LogP contribution in [0.15, 0.2) is 34.8 Å². The highest BCUT2D eigenvalue weighted by Crippen LogP contribution is 2.43. The van der Waals surface area contributed by atoms with Crippen LogP contribution in [0, 0.1) is 24.5 Å². The monoisotopic (exact) mass is 476 g/mol. The third kappa shape index (κ3) is 3.44. The number of rotatable bonds is 4. The number of aliphatic carboxylic acids is 1. The van der Waals surface area contributed by atoms with Crippen molar-refractivity contribution in [1.29, 1.82) is 0 Å². The van der Waals surface area contributed by atoms with Gasteiger partial charge in [0.1, 0.15) is 11.6 Å². The SMILES string of the molecule is Cc1c(Br)ccc(F)c1[C@@H]1c2[nH]c3ccc(F)cc3c2C[C@@H](C)N1C[C@@H](C)C(=O)O. The molecular weight excluding hydrogens is 454 g/mol. The van der Waals surface area contributed by atoms with Crippen molar-refractivity contribution in [2.45, 2.75) is 39.3 Å². The molecule has 1 aromatic heterocycles. The van der Waals surface area contributed by atoms with Gasteiger partial charge in [-0.1, -0.05) is 22.9 Å². The molecule has 1 aliphatic heterocycles. The van der Waals surface area contributed by atoms with Gasteiger partial charge in [-0.25, -0.2) is 8.78 Å². The molecule has 2 N–H and O–H groups in total. The maximum atomic E-state index is 15.2. The minimum atomic E-state index is -0.892. The Kier molecular flexibility index (Phi) is 5.45. The van der Waals surface area contributed by atoms with Gasteiger partial charge >= 0.3 is 5.97 Å². The number of carboxylic acids is 1. The van der Waals surface area contributed by atoms with Crippen LogP contribution in [0.1, 0.15) is 42.3 Å². The van der Waals surface area contributed by atoms with Crippen LogP contribution >= 0.6 is 15.9 Å². The van der Waals surface area contributed by atoms with Crippen molar-refractivity contribution in [3.8, 4) is 0 Å². The number of hydrogen-bond acceptors (Lipinski definition) is 2. The molecule has 2 aromatic carbocycles. The third-order valence-corrected chi connectivity index (χ3v) is 7.01. The van der Waals surface area contributed by atoms with Gasteiger partial charge in [-0.2, -0.15) is 0 Å². The van der Waals surface area contributed by atoms with Crippen molar-refractivity contribution in [2.75, 3.05) is 6.54 Å². The van der Waals surface area contributed by atoms with E-state index in [4.69, 9.17) is 0 Å². The molecule has 3 atom stereocenters. The highest BCUT2D eigenvalue weighted by Gasteiger charge is 2.39. The van der Waals surface area contributed by atoms with Gasteiger partial charge in [0.2, 0.25) is 0 Å². The molecule has 30 heavy (non-hydrogen) atoms. The first-order valence-electron chi connectivity index (χ1n) is 9.92. The standard InChI is InChI=1S/C23H23BrF2N2O2/c1-11(23(29)30)10-28-12(2)8-16-15-9-14(25)4-7-19(15)27-21(16)22(28)20-13(3)17(24)5-6-18(20)26/h4-7,9,11-12,22,27H,8,10H2,1-3H3,(H,29,30)/t11-,12-,22-/m1/s1. The van der Waals surface area contributed by atoms with Crippen LogP contribution in [-0.2, 0) is 11.2 Å². The molecule has 0 radical (unpaired) electrons. The van der Waals surface area contributed by atoms with Crippen molar-refractivity contribution < 1.29 is 18.7 Å². The van der Waals surface area contributed by atoms with Crippen molar-refractivity contribution in [3.63, 3.8) is 0 Å². The smallest absolute Gasteiger partial charge is 0.307 e. The number of hydrogen-bond donors (Lipinski definition) is 2.